The largest absolute Gasteiger partial charge is 0.363 e. The average molecular weight is 271 g/mol. The number of aromatic nitrogens is 1. The van der Waals surface area contributed by atoms with E-state index in [-0.39, 0.29) is 4.90 Å². The molecule has 6 heteroatoms. The van der Waals surface area contributed by atoms with E-state index in [2.05, 4.69) is 9.71 Å². The molecule has 1 aromatic rings. The fourth-order valence-electron chi connectivity index (χ4n) is 2.39. The summed E-state index contributed by atoms with van der Waals surface area (Å²) in [4.78, 5) is 3.13. The van der Waals surface area contributed by atoms with Crippen molar-refractivity contribution in [3.8, 4) is 0 Å². The Hall–Kier alpha value is -0.850. The van der Waals surface area contributed by atoms with Gasteiger partial charge in [0.1, 0.15) is 0 Å². The monoisotopic (exact) mass is 271 g/mol. The summed E-state index contributed by atoms with van der Waals surface area (Å²) in [6.07, 6.45) is 7.46. The minimum atomic E-state index is -3.39. The van der Waals surface area contributed by atoms with Crippen molar-refractivity contribution >= 4 is 10.0 Å². The van der Waals surface area contributed by atoms with Gasteiger partial charge in [-0.25, -0.2) is 13.1 Å². The van der Waals surface area contributed by atoms with Crippen LogP contribution >= 0.6 is 0 Å². The SMILES string of the molecule is NCc1cc(S(=O)(=O)NCC2CCCCC2)c[nH]1. The summed E-state index contributed by atoms with van der Waals surface area (Å²) < 4.78 is 26.8. The van der Waals surface area contributed by atoms with Crippen molar-refractivity contribution in [2.45, 2.75) is 43.5 Å². The summed E-state index contributed by atoms with van der Waals surface area (Å²) >= 11 is 0. The number of hydrogen-bond donors (Lipinski definition) is 3. The molecule has 1 saturated carbocycles. The number of hydrogen-bond acceptors (Lipinski definition) is 3. The van der Waals surface area contributed by atoms with E-state index in [1.165, 1.54) is 25.5 Å². The molecule has 1 heterocycles. The number of nitrogens with two attached hydrogens (primary N) is 1. The van der Waals surface area contributed by atoms with Gasteiger partial charge in [-0.3, -0.25) is 0 Å². The van der Waals surface area contributed by atoms with Gasteiger partial charge in [0.25, 0.3) is 0 Å². The zero-order chi connectivity index (χ0) is 13.0. The number of aromatic amines is 1. The van der Waals surface area contributed by atoms with Crippen molar-refractivity contribution in [3.63, 3.8) is 0 Å². The van der Waals surface area contributed by atoms with E-state index in [1.54, 1.807) is 6.07 Å². The number of sulfonamides is 1. The summed E-state index contributed by atoms with van der Waals surface area (Å²) in [6, 6.07) is 1.59. The quantitative estimate of drug-likeness (QED) is 0.755. The Bertz CT molecular complexity index is 475. The van der Waals surface area contributed by atoms with E-state index >= 15 is 0 Å². The second kappa shape index (κ2) is 5.86. The van der Waals surface area contributed by atoms with Gasteiger partial charge in [0.15, 0.2) is 0 Å². The van der Waals surface area contributed by atoms with Crippen molar-refractivity contribution in [2.75, 3.05) is 6.54 Å². The van der Waals surface area contributed by atoms with Crippen molar-refractivity contribution in [2.24, 2.45) is 11.7 Å². The van der Waals surface area contributed by atoms with Gasteiger partial charge < -0.3 is 10.7 Å². The molecule has 0 unspecified atom stereocenters. The van der Waals surface area contributed by atoms with E-state index in [1.807, 2.05) is 0 Å². The van der Waals surface area contributed by atoms with Crippen LogP contribution in [0.15, 0.2) is 17.2 Å². The van der Waals surface area contributed by atoms with Gasteiger partial charge in [-0.2, -0.15) is 0 Å². The van der Waals surface area contributed by atoms with Crippen LogP contribution in [0, 0.1) is 5.92 Å². The van der Waals surface area contributed by atoms with Gasteiger partial charge in [-0.15, -0.1) is 0 Å². The zero-order valence-corrected chi connectivity index (χ0v) is 11.3. The Morgan fingerprint density at radius 2 is 2.06 bits per heavy atom. The fourth-order valence-corrected chi connectivity index (χ4v) is 3.53. The predicted octanol–water partition coefficient (Wildman–Crippen LogP) is 1.33. The van der Waals surface area contributed by atoms with E-state index in [4.69, 9.17) is 5.73 Å². The second-order valence-electron chi connectivity index (χ2n) is 4.92. The Morgan fingerprint density at radius 3 is 2.67 bits per heavy atom. The van der Waals surface area contributed by atoms with Crippen LogP contribution < -0.4 is 10.5 Å². The Balaban J connectivity index is 1.94. The minimum absolute atomic E-state index is 0.277. The van der Waals surface area contributed by atoms with E-state index in [9.17, 15) is 8.42 Å². The highest BCUT2D eigenvalue weighted by molar-refractivity contribution is 7.89. The fraction of sp³-hybridized carbons (Fsp3) is 0.667. The molecule has 0 bridgehead atoms. The normalized spacial score (nSPS) is 18.1. The Kier molecular flexibility index (Phi) is 4.42. The van der Waals surface area contributed by atoms with Gasteiger partial charge >= 0.3 is 0 Å². The van der Waals surface area contributed by atoms with Crippen LogP contribution in [0.4, 0.5) is 0 Å². The minimum Gasteiger partial charge on any atom is -0.363 e. The van der Waals surface area contributed by atoms with E-state index < -0.39 is 10.0 Å². The lowest BCUT2D eigenvalue weighted by molar-refractivity contribution is 0.357. The summed E-state index contributed by atoms with van der Waals surface area (Å²) in [6.45, 7) is 0.865. The molecule has 2 rings (SSSR count). The molecule has 5 nitrogen and oxygen atoms in total. The smallest absolute Gasteiger partial charge is 0.242 e. The zero-order valence-electron chi connectivity index (χ0n) is 10.5. The standard InChI is InChI=1S/C12H21N3O2S/c13-7-11-6-12(9-14-11)18(16,17)15-8-10-4-2-1-3-5-10/h6,9-10,14-15H,1-5,7-8,13H2. The van der Waals surface area contributed by atoms with Gasteiger partial charge in [0.2, 0.25) is 10.0 Å². The summed E-state index contributed by atoms with van der Waals surface area (Å²) in [5.74, 6) is 0.487. The third-order valence-electron chi connectivity index (χ3n) is 3.53. The highest BCUT2D eigenvalue weighted by Gasteiger charge is 2.19. The molecule has 0 aliphatic heterocycles. The molecule has 102 valence electrons. The number of rotatable bonds is 5. The molecule has 1 aliphatic rings. The second-order valence-corrected chi connectivity index (χ2v) is 6.69. The summed E-state index contributed by atoms with van der Waals surface area (Å²) in [5, 5.41) is 0. The molecular formula is C12H21N3O2S. The molecule has 4 N–H and O–H groups in total. The van der Waals surface area contributed by atoms with Crippen molar-refractivity contribution < 1.29 is 8.42 Å². The molecule has 0 aromatic carbocycles. The van der Waals surface area contributed by atoms with Crippen molar-refractivity contribution in [1.82, 2.24) is 9.71 Å². The third-order valence-corrected chi connectivity index (χ3v) is 4.94. The molecule has 0 radical (unpaired) electrons. The Morgan fingerprint density at radius 1 is 1.33 bits per heavy atom. The first kappa shape index (κ1) is 13.6. The first-order valence-electron chi connectivity index (χ1n) is 6.49. The third kappa shape index (κ3) is 3.34. The molecule has 0 amide bonds. The summed E-state index contributed by atoms with van der Waals surface area (Å²) in [5.41, 5.74) is 6.18. The maximum absolute atomic E-state index is 12.0. The lowest BCUT2D eigenvalue weighted by Crippen LogP contribution is -2.30. The van der Waals surface area contributed by atoms with E-state index in [0.717, 1.165) is 18.5 Å². The van der Waals surface area contributed by atoms with E-state index in [0.29, 0.717) is 19.0 Å². The van der Waals surface area contributed by atoms with Gasteiger partial charge in [-0.1, -0.05) is 19.3 Å². The highest BCUT2D eigenvalue weighted by atomic mass is 32.2. The number of H-pyrrole nitrogens is 1. The molecule has 18 heavy (non-hydrogen) atoms. The Labute approximate surface area is 108 Å². The topological polar surface area (TPSA) is 88.0 Å². The molecule has 0 saturated heterocycles. The van der Waals surface area contributed by atoms with Crippen molar-refractivity contribution in [3.05, 3.63) is 18.0 Å². The number of nitrogens with one attached hydrogen (secondary N) is 2. The maximum atomic E-state index is 12.0. The molecule has 1 aromatic heterocycles. The van der Waals surface area contributed by atoms with Gasteiger partial charge in [0, 0.05) is 25.0 Å². The lowest BCUT2D eigenvalue weighted by Gasteiger charge is -2.21. The van der Waals surface area contributed by atoms with Crippen LogP contribution in [-0.4, -0.2) is 19.9 Å². The highest BCUT2D eigenvalue weighted by Crippen LogP contribution is 2.23. The van der Waals surface area contributed by atoms with Gasteiger partial charge in [0.05, 0.1) is 4.90 Å². The van der Waals surface area contributed by atoms with Crippen LogP contribution in [0.1, 0.15) is 37.8 Å². The predicted molar refractivity (Wildman–Crippen MR) is 70.4 cm³/mol. The first-order chi connectivity index (χ1) is 8.62. The van der Waals surface area contributed by atoms with Crippen LogP contribution in [0.2, 0.25) is 0 Å². The average Bonchev–Trinajstić information content (AvgIpc) is 2.87. The molecule has 1 fully saturated rings. The summed E-state index contributed by atoms with van der Waals surface area (Å²) in [7, 11) is -3.39. The first-order valence-corrected chi connectivity index (χ1v) is 7.97. The lowest BCUT2D eigenvalue weighted by atomic mass is 9.90. The molecular weight excluding hydrogens is 250 g/mol. The van der Waals surface area contributed by atoms with Crippen LogP contribution in [0.5, 0.6) is 0 Å². The van der Waals surface area contributed by atoms with Crippen LogP contribution in [0.25, 0.3) is 0 Å². The molecule has 1 aliphatic carbocycles. The molecule has 0 spiro atoms. The van der Waals surface area contributed by atoms with Crippen LogP contribution in [0.3, 0.4) is 0 Å². The van der Waals surface area contributed by atoms with Crippen LogP contribution in [-0.2, 0) is 16.6 Å². The maximum Gasteiger partial charge on any atom is 0.242 e. The van der Waals surface area contributed by atoms with Crippen molar-refractivity contribution in [1.29, 1.82) is 0 Å². The molecule has 0 atom stereocenters. The van der Waals surface area contributed by atoms with Gasteiger partial charge in [-0.05, 0) is 24.8 Å².